The van der Waals surface area contributed by atoms with Gasteiger partial charge in [0.15, 0.2) is 0 Å². The van der Waals surface area contributed by atoms with Crippen LogP contribution in [0.25, 0.3) is 0 Å². The summed E-state index contributed by atoms with van der Waals surface area (Å²) in [5, 5.41) is 10.8. The molecule has 2 N–H and O–H groups in total. The first-order valence-corrected chi connectivity index (χ1v) is 6.09. The summed E-state index contributed by atoms with van der Waals surface area (Å²) in [6.45, 7) is 8.37. The summed E-state index contributed by atoms with van der Waals surface area (Å²) in [7, 11) is 0. The Labute approximate surface area is 108 Å². The van der Waals surface area contributed by atoms with E-state index in [0.29, 0.717) is 6.54 Å². The number of rotatable bonds is 6. The Morgan fingerprint density at radius 3 is 2.61 bits per heavy atom. The normalized spacial score (nSPS) is 11.3. The number of benzene rings is 1. The van der Waals surface area contributed by atoms with Gasteiger partial charge in [-0.05, 0) is 24.9 Å². The van der Waals surface area contributed by atoms with Crippen molar-refractivity contribution in [2.45, 2.75) is 20.8 Å². The van der Waals surface area contributed by atoms with Crippen LogP contribution in [0.1, 0.15) is 20.8 Å². The van der Waals surface area contributed by atoms with Gasteiger partial charge in [-0.2, -0.15) is 0 Å². The monoisotopic (exact) mass is 251 g/mol. The van der Waals surface area contributed by atoms with E-state index < -0.39 is 0 Å². The van der Waals surface area contributed by atoms with E-state index in [9.17, 15) is 10.1 Å². The van der Waals surface area contributed by atoms with Crippen molar-refractivity contribution in [3.8, 4) is 0 Å². The summed E-state index contributed by atoms with van der Waals surface area (Å²) in [4.78, 5) is 12.5. The van der Waals surface area contributed by atoms with Crippen LogP contribution in [0.4, 0.5) is 11.4 Å². The third kappa shape index (κ3) is 3.70. The number of nitrogens with two attached hydrogens (primary N) is 1. The molecule has 0 heterocycles. The van der Waals surface area contributed by atoms with E-state index in [4.69, 9.17) is 5.73 Å². The Bertz CT molecular complexity index is 418. The largest absolute Gasteiger partial charge is 0.371 e. The van der Waals surface area contributed by atoms with Crippen molar-refractivity contribution >= 4 is 11.4 Å². The molecule has 0 spiro atoms. The molecule has 0 saturated carbocycles. The number of hydrogen-bond donors (Lipinski definition) is 1. The van der Waals surface area contributed by atoms with Crippen molar-refractivity contribution in [3.63, 3.8) is 0 Å². The van der Waals surface area contributed by atoms with Gasteiger partial charge < -0.3 is 10.6 Å². The number of anilines is 1. The lowest BCUT2D eigenvalue weighted by Gasteiger charge is -2.32. The highest BCUT2D eigenvalue weighted by atomic mass is 16.6. The van der Waals surface area contributed by atoms with E-state index in [0.717, 1.165) is 18.8 Å². The molecule has 0 aliphatic carbocycles. The number of hydrogen-bond acceptors (Lipinski definition) is 4. The number of nitro benzene ring substituents is 1. The molecule has 0 aromatic heterocycles. The van der Waals surface area contributed by atoms with Crippen LogP contribution in [-0.4, -0.2) is 24.6 Å². The average molecular weight is 251 g/mol. The molecule has 100 valence electrons. The van der Waals surface area contributed by atoms with Crippen molar-refractivity contribution in [2.75, 3.05) is 24.5 Å². The molecule has 0 fully saturated rings. The van der Waals surface area contributed by atoms with E-state index in [1.807, 2.05) is 13.0 Å². The summed E-state index contributed by atoms with van der Waals surface area (Å²) >= 11 is 0. The molecule has 1 aromatic rings. The lowest BCUT2D eigenvalue weighted by molar-refractivity contribution is -0.384. The van der Waals surface area contributed by atoms with Gasteiger partial charge >= 0.3 is 0 Å². The highest BCUT2D eigenvalue weighted by Crippen LogP contribution is 2.24. The van der Waals surface area contributed by atoms with E-state index in [2.05, 4.69) is 18.7 Å². The maximum absolute atomic E-state index is 10.8. The second kappa shape index (κ2) is 5.82. The van der Waals surface area contributed by atoms with Crippen molar-refractivity contribution in [1.29, 1.82) is 0 Å². The fraction of sp³-hybridized carbons (Fsp3) is 0.538. The molecule has 0 unspecified atom stereocenters. The zero-order valence-electron chi connectivity index (χ0n) is 11.2. The average Bonchev–Trinajstić information content (AvgIpc) is 2.36. The molecule has 0 aliphatic rings. The van der Waals surface area contributed by atoms with Gasteiger partial charge in [0.1, 0.15) is 0 Å². The Balaban J connectivity index is 2.95. The molecule has 1 aromatic carbocycles. The van der Waals surface area contributed by atoms with E-state index in [-0.39, 0.29) is 16.0 Å². The first-order valence-electron chi connectivity index (χ1n) is 6.09. The van der Waals surface area contributed by atoms with E-state index in [1.165, 1.54) is 6.07 Å². The molecule has 5 nitrogen and oxygen atoms in total. The Morgan fingerprint density at radius 1 is 1.44 bits per heavy atom. The van der Waals surface area contributed by atoms with Crippen molar-refractivity contribution < 1.29 is 4.92 Å². The number of nitro groups is 1. The van der Waals surface area contributed by atoms with Crippen LogP contribution >= 0.6 is 0 Å². The zero-order valence-corrected chi connectivity index (χ0v) is 11.2. The first-order chi connectivity index (χ1) is 8.39. The molecule has 18 heavy (non-hydrogen) atoms. The molecule has 0 atom stereocenters. The zero-order chi connectivity index (χ0) is 13.8. The second-order valence-corrected chi connectivity index (χ2v) is 5.16. The second-order valence-electron chi connectivity index (χ2n) is 5.16. The van der Waals surface area contributed by atoms with E-state index in [1.54, 1.807) is 12.1 Å². The van der Waals surface area contributed by atoms with Gasteiger partial charge in [0.05, 0.1) is 4.92 Å². The number of non-ortho nitro benzene ring substituents is 1. The minimum absolute atomic E-state index is 0.0133. The Morgan fingerprint density at radius 2 is 2.11 bits per heavy atom. The van der Waals surface area contributed by atoms with E-state index >= 15 is 0 Å². The van der Waals surface area contributed by atoms with Crippen molar-refractivity contribution in [2.24, 2.45) is 11.1 Å². The summed E-state index contributed by atoms with van der Waals surface area (Å²) in [5.41, 5.74) is 6.71. The van der Waals surface area contributed by atoms with Crippen LogP contribution < -0.4 is 10.6 Å². The fourth-order valence-corrected chi connectivity index (χ4v) is 1.77. The lowest BCUT2D eigenvalue weighted by atomic mass is 9.93. The summed E-state index contributed by atoms with van der Waals surface area (Å²) in [5.74, 6) is 0. The predicted molar refractivity (Wildman–Crippen MR) is 73.8 cm³/mol. The van der Waals surface area contributed by atoms with Gasteiger partial charge in [-0.25, -0.2) is 0 Å². The van der Waals surface area contributed by atoms with Gasteiger partial charge in [0.25, 0.3) is 5.69 Å². The molecule has 0 saturated heterocycles. The SMILES string of the molecule is CCN(CC(C)(C)CN)c1cccc([N+](=O)[O-])c1. The maximum atomic E-state index is 10.8. The first kappa shape index (κ1) is 14.4. The topological polar surface area (TPSA) is 72.4 Å². The van der Waals surface area contributed by atoms with Gasteiger partial charge in [-0.3, -0.25) is 10.1 Å². The van der Waals surface area contributed by atoms with Crippen LogP contribution in [0.3, 0.4) is 0 Å². The summed E-state index contributed by atoms with van der Waals surface area (Å²) in [6, 6.07) is 6.72. The highest BCUT2D eigenvalue weighted by Gasteiger charge is 2.20. The molecule has 0 bridgehead atoms. The molecule has 5 heteroatoms. The maximum Gasteiger partial charge on any atom is 0.271 e. The van der Waals surface area contributed by atoms with Crippen molar-refractivity contribution in [1.82, 2.24) is 0 Å². The molecule has 0 amide bonds. The molecular weight excluding hydrogens is 230 g/mol. The van der Waals surface area contributed by atoms with Gasteiger partial charge in [0.2, 0.25) is 0 Å². The quantitative estimate of drug-likeness (QED) is 0.622. The molecule has 1 rings (SSSR count). The molecule has 0 aliphatic heterocycles. The molecular formula is C13H21N3O2. The Kier molecular flexibility index (Phi) is 4.67. The Hall–Kier alpha value is -1.62. The van der Waals surface area contributed by atoms with Crippen LogP contribution in [0.2, 0.25) is 0 Å². The summed E-state index contributed by atoms with van der Waals surface area (Å²) in [6.07, 6.45) is 0. The van der Waals surface area contributed by atoms with Gasteiger partial charge in [-0.1, -0.05) is 19.9 Å². The van der Waals surface area contributed by atoms with Crippen LogP contribution in [-0.2, 0) is 0 Å². The van der Waals surface area contributed by atoms with Crippen molar-refractivity contribution in [3.05, 3.63) is 34.4 Å². The van der Waals surface area contributed by atoms with Crippen LogP contribution in [0, 0.1) is 15.5 Å². The standard InChI is InChI=1S/C13H21N3O2/c1-4-15(10-13(2,3)9-14)11-6-5-7-12(8-11)16(17)18/h5-8H,4,9-10,14H2,1-3H3. The molecule has 0 radical (unpaired) electrons. The third-order valence-electron chi connectivity index (χ3n) is 2.96. The van der Waals surface area contributed by atoms with Gasteiger partial charge in [0, 0.05) is 30.9 Å². The highest BCUT2D eigenvalue weighted by molar-refractivity contribution is 5.53. The smallest absolute Gasteiger partial charge is 0.271 e. The fourth-order valence-electron chi connectivity index (χ4n) is 1.77. The lowest BCUT2D eigenvalue weighted by Crippen LogP contribution is -2.38. The predicted octanol–water partition coefficient (Wildman–Crippen LogP) is 2.41. The minimum atomic E-state index is -0.370. The third-order valence-corrected chi connectivity index (χ3v) is 2.96. The van der Waals surface area contributed by atoms with Gasteiger partial charge in [-0.15, -0.1) is 0 Å². The number of nitrogens with zero attached hydrogens (tertiary/aromatic N) is 2. The minimum Gasteiger partial charge on any atom is -0.371 e. The van der Waals surface area contributed by atoms with Crippen LogP contribution in [0.5, 0.6) is 0 Å². The summed E-state index contributed by atoms with van der Waals surface area (Å²) < 4.78 is 0. The van der Waals surface area contributed by atoms with Crippen LogP contribution in [0.15, 0.2) is 24.3 Å².